The van der Waals surface area contributed by atoms with Crippen LogP contribution in [0.25, 0.3) is 0 Å². The Balaban J connectivity index is 2.21. The van der Waals surface area contributed by atoms with Gasteiger partial charge in [0, 0.05) is 43.6 Å². The quantitative estimate of drug-likeness (QED) is 0.612. The van der Waals surface area contributed by atoms with E-state index in [1.807, 2.05) is 6.92 Å². The molecule has 0 unspecified atom stereocenters. The molecule has 2 aromatic rings. The molecule has 0 spiro atoms. The first-order valence-electron chi connectivity index (χ1n) is 10.1. The highest BCUT2D eigenvalue weighted by molar-refractivity contribution is 7.89. The lowest BCUT2D eigenvalue weighted by molar-refractivity contribution is -0.116. The van der Waals surface area contributed by atoms with E-state index in [0.717, 1.165) is 5.56 Å². The van der Waals surface area contributed by atoms with Gasteiger partial charge in [0.2, 0.25) is 15.9 Å². The van der Waals surface area contributed by atoms with Gasteiger partial charge in [-0.2, -0.15) is 4.31 Å². The maximum absolute atomic E-state index is 13.1. The Kier molecular flexibility index (Phi) is 8.27. The van der Waals surface area contributed by atoms with E-state index in [1.54, 1.807) is 46.0 Å². The van der Waals surface area contributed by atoms with Gasteiger partial charge in [-0.1, -0.05) is 31.5 Å². The van der Waals surface area contributed by atoms with Crippen LogP contribution < -0.4 is 5.32 Å². The van der Waals surface area contributed by atoms with Crippen LogP contribution in [-0.4, -0.2) is 60.2 Å². The third-order valence-electron chi connectivity index (χ3n) is 5.02. The molecule has 170 valence electrons. The van der Waals surface area contributed by atoms with E-state index in [4.69, 9.17) is 11.6 Å². The molecule has 0 aliphatic carbocycles. The number of carbonyl (C=O) groups is 2. The van der Waals surface area contributed by atoms with E-state index in [9.17, 15) is 18.0 Å². The Hall–Kier alpha value is -2.36. The first-order chi connectivity index (χ1) is 14.5. The minimum atomic E-state index is -3.69. The lowest BCUT2D eigenvalue weighted by Gasteiger charge is -2.21. The van der Waals surface area contributed by atoms with Gasteiger partial charge in [0.1, 0.15) is 17.1 Å². The number of sulfonamides is 1. The van der Waals surface area contributed by atoms with Crippen molar-refractivity contribution in [3.63, 3.8) is 0 Å². The summed E-state index contributed by atoms with van der Waals surface area (Å²) in [5.74, 6) is -0.797. The number of halogens is 1. The van der Waals surface area contributed by atoms with Crippen molar-refractivity contribution in [2.45, 2.75) is 32.6 Å². The molecule has 0 bridgehead atoms. The molecule has 10 heteroatoms. The number of nitrogens with zero attached hydrogens (tertiary/aromatic N) is 3. The Morgan fingerprint density at radius 3 is 2.32 bits per heavy atom. The van der Waals surface area contributed by atoms with Gasteiger partial charge in [0.15, 0.2) is 0 Å². The number of anilines is 1. The Bertz CT molecular complexity index is 1060. The molecule has 0 aliphatic heterocycles. The number of amides is 2. The van der Waals surface area contributed by atoms with E-state index >= 15 is 0 Å². The van der Waals surface area contributed by atoms with Crippen LogP contribution in [0.2, 0.25) is 5.02 Å². The zero-order chi connectivity index (χ0) is 23.3. The second-order valence-corrected chi connectivity index (χ2v) is 9.46. The van der Waals surface area contributed by atoms with E-state index < -0.39 is 15.9 Å². The molecule has 1 N–H and O–H groups in total. The van der Waals surface area contributed by atoms with Crippen molar-refractivity contribution in [3.05, 3.63) is 46.7 Å². The number of aryl methyl sites for hydroxylation is 2. The number of hydrogen-bond donors (Lipinski definition) is 1. The van der Waals surface area contributed by atoms with E-state index in [-0.39, 0.29) is 29.6 Å². The Morgan fingerprint density at radius 1 is 1.10 bits per heavy atom. The third kappa shape index (κ3) is 5.66. The number of nitrogens with one attached hydrogen (secondary N) is 1. The van der Waals surface area contributed by atoms with Crippen LogP contribution in [0.5, 0.6) is 0 Å². The SMILES string of the molecule is CCN(CC(=O)Nc1cc(Cl)ccc1C)C(=O)c1cc(S(=O)(=O)N(CC)CC)cn1C. The average molecular weight is 469 g/mol. The normalized spacial score (nSPS) is 11.6. The molecule has 0 fully saturated rings. The molecule has 0 aliphatic rings. The summed E-state index contributed by atoms with van der Waals surface area (Å²) in [6.07, 6.45) is 1.42. The lowest BCUT2D eigenvalue weighted by Crippen LogP contribution is -2.38. The number of likely N-dealkylation sites (N-methyl/N-ethyl adjacent to an activating group) is 1. The number of rotatable bonds is 9. The largest absolute Gasteiger partial charge is 0.345 e. The molecule has 0 saturated heterocycles. The molecule has 31 heavy (non-hydrogen) atoms. The summed E-state index contributed by atoms with van der Waals surface area (Å²) in [7, 11) is -2.08. The summed E-state index contributed by atoms with van der Waals surface area (Å²) in [4.78, 5) is 27.0. The van der Waals surface area contributed by atoms with Crippen molar-refractivity contribution < 1.29 is 18.0 Å². The molecule has 1 aromatic carbocycles. The molecule has 2 amide bonds. The number of hydrogen-bond acceptors (Lipinski definition) is 4. The lowest BCUT2D eigenvalue weighted by atomic mass is 10.2. The molecule has 1 aromatic heterocycles. The van der Waals surface area contributed by atoms with Crippen LogP contribution in [0.1, 0.15) is 36.8 Å². The highest BCUT2D eigenvalue weighted by Crippen LogP contribution is 2.21. The van der Waals surface area contributed by atoms with Crippen LogP contribution in [0, 0.1) is 6.92 Å². The van der Waals surface area contributed by atoms with Gasteiger partial charge in [-0.05, 0) is 37.6 Å². The second kappa shape index (κ2) is 10.3. The zero-order valence-electron chi connectivity index (χ0n) is 18.5. The van der Waals surface area contributed by atoms with Crippen molar-refractivity contribution in [2.24, 2.45) is 7.05 Å². The number of aromatic nitrogens is 1. The van der Waals surface area contributed by atoms with Gasteiger partial charge in [0.25, 0.3) is 5.91 Å². The minimum absolute atomic E-state index is 0.0529. The van der Waals surface area contributed by atoms with Gasteiger partial charge < -0.3 is 14.8 Å². The maximum Gasteiger partial charge on any atom is 0.270 e. The van der Waals surface area contributed by atoms with Crippen molar-refractivity contribution in [3.8, 4) is 0 Å². The Morgan fingerprint density at radius 2 is 1.74 bits per heavy atom. The van der Waals surface area contributed by atoms with Gasteiger partial charge in [-0.25, -0.2) is 8.42 Å². The predicted molar refractivity (Wildman–Crippen MR) is 122 cm³/mol. The van der Waals surface area contributed by atoms with Gasteiger partial charge >= 0.3 is 0 Å². The van der Waals surface area contributed by atoms with Crippen LogP contribution in [0.4, 0.5) is 5.69 Å². The Labute approximate surface area is 188 Å². The summed E-state index contributed by atoms with van der Waals surface area (Å²) in [6.45, 7) is 7.89. The van der Waals surface area contributed by atoms with Crippen molar-refractivity contribution in [2.75, 3.05) is 31.5 Å². The van der Waals surface area contributed by atoms with Gasteiger partial charge in [-0.3, -0.25) is 9.59 Å². The molecule has 0 saturated carbocycles. The fourth-order valence-corrected chi connectivity index (χ4v) is 4.88. The third-order valence-corrected chi connectivity index (χ3v) is 7.27. The monoisotopic (exact) mass is 468 g/mol. The van der Waals surface area contributed by atoms with Crippen LogP contribution in [-0.2, 0) is 21.9 Å². The van der Waals surface area contributed by atoms with Gasteiger partial charge in [0.05, 0.1) is 0 Å². The summed E-state index contributed by atoms with van der Waals surface area (Å²) in [6, 6.07) is 6.53. The molecular formula is C21H29ClN4O4S. The minimum Gasteiger partial charge on any atom is -0.345 e. The maximum atomic E-state index is 13.1. The van der Waals surface area contributed by atoms with Gasteiger partial charge in [-0.15, -0.1) is 0 Å². The molecule has 8 nitrogen and oxygen atoms in total. The molecule has 0 radical (unpaired) electrons. The van der Waals surface area contributed by atoms with Crippen molar-refractivity contribution in [1.82, 2.24) is 13.8 Å². The van der Waals surface area contributed by atoms with Crippen molar-refractivity contribution >= 4 is 39.1 Å². The highest BCUT2D eigenvalue weighted by Gasteiger charge is 2.27. The molecule has 0 atom stereocenters. The zero-order valence-corrected chi connectivity index (χ0v) is 20.0. The molecular weight excluding hydrogens is 440 g/mol. The van der Waals surface area contributed by atoms with E-state index in [1.165, 1.54) is 26.0 Å². The van der Waals surface area contributed by atoms with Crippen LogP contribution in [0.3, 0.4) is 0 Å². The van der Waals surface area contributed by atoms with Crippen LogP contribution in [0.15, 0.2) is 35.4 Å². The summed E-state index contributed by atoms with van der Waals surface area (Å²) in [5, 5.41) is 3.27. The van der Waals surface area contributed by atoms with Crippen LogP contribution >= 0.6 is 11.6 Å². The van der Waals surface area contributed by atoms with Crippen molar-refractivity contribution in [1.29, 1.82) is 0 Å². The fraction of sp³-hybridized carbons (Fsp3) is 0.429. The highest BCUT2D eigenvalue weighted by atomic mass is 35.5. The number of benzene rings is 1. The average Bonchev–Trinajstić information content (AvgIpc) is 3.11. The predicted octanol–water partition coefficient (Wildman–Crippen LogP) is 3.12. The first kappa shape index (κ1) is 24.9. The smallest absolute Gasteiger partial charge is 0.270 e. The summed E-state index contributed by atoms with van der Waals surface area (Å²) >= 11 is 5.99. The fourth-order valence-electron chi connectivity index (χ4n) is 3.18. The van der Waals surface area contributed by atoms with E-state index in [0.29, 0.717) is 23.8 Å². The van der Waals surface area contributed by atoms with E-state index in [2.05, 4.69) is 5.32 Å². The summed E-state index contributed by atoms with van der Waals surface area (Å²) < 4.78 is 28.4. The first-order valence-corrected chi connectivity index (χ1v) is 11.9. The summed E-state index contributed by atoms with van der Waals surface area (Å²) in [5.41, 5.74) is 1.62. The standard InChI is InChI=1S/C21H29ClN4O4S/c1-6-25(14-20(27)23-18-11-16(22)10-9-15(18)4)21(28)19-12-17(13-24(19)5)31(29,30)26(7-2)8-3/h9-13H,6-8,14H2,1-5H3,(H,23,27). The molecule has 2 rings (SSSR count). The molecule has 1 heterocycles. The second-order valence-electron chi connectivity index (χ2n) is 7.09. The topological polar surface area (TPSA) is 91.7 Å². The number of carbonyl (C=O) groups excluding carboxylic acids is 2.